The topological polar surface area (TPSA) is 66.0 Å². The number of nitrogens with one attached hydrogen (secondary N) is 1. The summed E-state index contributed by atoms with van der Waals surface area (Å²) in [4.78, 5) is 8.97. The molecule has 5 heteroatoms. The van der Waals surface area contributed by atoms with E-state index in [1.165, 1.54) is 11.1 Å². The molecule has 2 aromatic heterocycles. The Balaban J connectivity index is 1.82. The second-order valence-corrected chi connectivity index (χ2v) is 6.97. The molecule has 0 spiro atoms. The highest BCUT2D eigenvalue weighted by molar-refractivity contribution is 5.76. The normalized spacial score (nSPS) is 13.3. The number of imidazole rings is 1. The highest BCUT2D eigenvalue weighted by atomic mass is 15.1. The first-order valence-corrected chi connectivity index (χ1v) is 9.56. The molecule has 0 aliphatic heterocycles. The number of fused-ring (bicyclic) bond motifs is 1. The van der Waals surface area contributed by atoms with Gasteiger partial charge in [0.05, 0.1) is 28.4 Å². The fourth-order valence-electron chi connectivity index (χ4n) is 3.11. The maximum Gasteiger partial charge on any atom is 0.160 e. The monoisotopic (exact) mass is 383 g/mol. The van der Waals surface area contributed by atoms with E-state index in [1.807, 2.05) is 13.0 Å². The van der Waals surface area contributed by atoms with Crippen LogP contribution in [0.5, 0.6) is 0 Å². The van der Waals surface area contributed by atoms with Gasteiger partial charge in [-0.2, -0.15) is 5.26 Å². The van der Waals surface area contributed by atoms with E-state index in [0.717, 1.165) is 24.1 Å². The van der Waals surface area contributed by atoms with E-state index >= 15 is 0 Å². The van der Waals surface area contributed by atoms with Gasteiger partial charge in [-0.15, -0.1) is 0 Å². The second-order valence-electron chi connectivity index (χ2n) is 6.97. The van der Waals surface area contributed by atoms with Crippen LogP contribution in [0.3, 0.4) is 0 Å². The molecule has 0 bridgehead atoms. The molecule has 1 aliphatic carbocycles. The highest BCUT2D eigenvalue weighted by Gasteiger charge is 2.13. The van der Waals surface area contributed by atoms with Crippen molar-refractivity contribution in [2.45, 2.75) is 26.7 Å². The maximum atomic E-state index is 9.29. The average molecular weight is 383 g/mol. The zero-order chi connectivity index (χ0) is 21.0. The van der Waals surface area contributed by atoms with Crippen LogP contribution in [0.1, 0.15) is 36.8 Å². The van der Waals surface area contributed by atoms with Crippen LogP contribution in [0.25, 0.3) is 16.9 Å². The van der Waals surface area contributed by atoms with E-state index in [2.05, 4.69) is 72.3 Å². The number of aryl methyl sites for hydroxylation is 1. The molecule has 0 aromatic carbocycles. The second kappa shape index (κ2) is 8.57. The molecular formula is C24H25N5. The number of aromatic nitrogens is 3. The summed E-state index contributed by atoms with van der Waals surface area (Å²) < 4.78 is 1.78. The number of nitrogens with zero attached hydrogens (tertiary/aromatic N) is 4. The van der Waals surface area contributed by atoms with Gasteiger partial charge in [0.2, 0.25) is 0 Å². The van der Waals surface area contributed by atoms with Crippen LogP contribution < -0.4 is 5.32 Å². The Bertz CT molecular complexity index is 1130. The van der Waals surface area contributed by atoms with Crippen LogP contribution in [0.15, 0.2) is 73.2 Å². The van der Waals surface area contributed by atoms with Crippen molar-refractivity contribution in [1.82, 2.24) is 19.7 Å². The van der Waals surface area contributed by atoms with E-state index < -0.39 is 0 Å². The first-order chi connectivity index (χ1) is 13.9. The van der Waals surface area contributed by atoms with Gasteiger partial charge in [-0.3, -0.25) is 4.40 Å². The first-order valence-electron chi connectivity index (χ1n) is 9.56. The Hall–Kier alpha value is -3.65. The smallest absolute Gasteiger partial charge is 0.160 e. The zero-order valence-electron chi connectivity index (χ0n) is 17.0. The maximum absolute atomic E-state index is 9.29. The van der Waals surface area contributed by atoms with E-state index in [1.54, 1.807) is 10.7 Å². The van der Waals surface area contributed by atoms with Gasteiger partial charge in [-0.1, -0.05) is 56.5 Å². The molecule has 0 saturated carbocycles. The van der Waals surface area contributed by atoms with Crippen molar-refractivity contribution in [2.24, 2.45) is 0 Å². The lowest BCUT2D eigenvalue weighted by Gasteiger charge is -2.12. The van der Waals surface area contributed by atoms with Gasteiger partial charge in [0, 0.05) is 6.54 Å². The highest BCUT2D eigenvalue weighted by Crippen LogP contribution is 2.22. The summed E-state index contributed by atoms with van der Waals surface area (Å²) in [5.74, 6) is 0. The lowest BCUT2D eigenvalue weighted by molar-refractivity contribution is 0.962. The molecule has 5 nitrogen and oxygen atoms in total. The molecule has 0 unspecified atom stereocenters. The van der Waals surface area contributed by atoms with E-state index in [-0.39, 0.29) is 0 Å². The third-order valence-electron chi connectivity index (χ3n) is 4.99. The summed E-state index contributed by atoms with van der Waals surface area (Å²) in [5.41, 5.74) is 7.42. The average Bonchev–Trinajstić information content (AvgIpc) is 2.96. The fourth-order valence-corrected chi connectivity index (χ4v) is 3.11. The Labute approximate surface area is 171 Å². The molecule has 3 rings (SSSR count). The summed E-state index contributed by atoms with van der Waals surface area (Å²) >= 11 is 0. The number of nitriles is 1. The van der Waals surface area contributed by atoms with Crippen molar-refractivity contribution in [1.29, 1.82) is 5.26 Å². The van der Waals surface area contributed by atoms with E-state index in [4.69, 9.17) is 0 Å². The van der Waals surface area contributed by atoms with E-state index in [0.29, 0.717) is 34.8 Å². The molecule has 0 radical (unpaired) electrons. The first kappa shape index (κ1) is 20.1. The van der Waals surface area contributed by atoms with Gasteiger partial charge in [0.1, 0.15) is 12.4 Å². The minimum absolute atomic E-state index is 0.354. The minimum Gasteiger partial charge on any atom is -0.380 e. The largest absolute Gasteiger partial charge is 0.380 e. The van der Waals surface area contributed by atoms with Crippen molar-refractivity contribution < 1.29 is 0 Å². The summed E-state index contributed by atoms with van der Waals surface area (Å²) in [6, 6.07) is 3.92. The Morgan fingerprint density at radius 1 is 1.31 bits per heavy atom. The molecular weight excluding hydrogens is 358 g/mol. The molecule has 29 heavy (non-hydrogen) atoms. The quantitative estimate of drug-likeness (QED) is 0.690. The lowest BCUT2D eigenvalue weighted by atomic mass is 10.0. The van der Waals surface area contributed by atoms with Crippen molar-refractivity contribution in [2.75, 3.05) is 6.54 Å². The van der Waals surface area contributed by atoms with Crippen LogP contribution in [-0.4, -0.2) is 20.9 Å². The molecule has 1 aliphatic rings. The van der Waals surface area contributed by atoms with Gasteiger partial charge in [0.15, 0.2) is 5.65 Å². The molecule has 0 fully saturated rings. The number of hydrogen-bond acceptors (Lipinski definition) is 4. The van der Waals surface area contributed by atoms with Crippen molar-refractivity contribution in [3.63, 3.8) is 0 Å². The van der Waals surface area contributed by atoms with Crippen LogP contribution in [0.2, 0.25) is 0 Å². The predicted molar refractivity (Wildman–Crippen MR) is 119 cm³/mol. The van der Waals surface area contributed by atoms with Crippen LogP contribution in [0, 0.1) is 18.3 Å². The molecule has 0 amide bonds. The molecule has 1 N–H and O–H groups in total. The summed E-state index contributed by atoms with van der Waals surface area (Å²) in [5, 5.41) is 12.6. The molecule has 2 heterocycles. The number of rotatable bonds is 7. The third-order valence-corrected chi connectivity index (χ3v) is 4.99. The number of allylic oxidation sites excluding steroid dienone is 6. The van der Waals surface area contributed by atoms with Crippen molar-refractivity contribution in [3.8, 4) is 6.07 Å². The van der Waals surface area contributed by atoms with Crippen LogP contribution in [0.4, 0.5) is 0 Å². The van der Waals surface area contributed by atoms with Gasteiger partial charge in [0.25, 0.3) is 0 Å². The molecule has 2 aromatic rings. The van der Waals surface area contributed by atoms with Gasteiger partial charge < -0.3 is 5.32 Å². The molecule has 146 valence electrons. The van der Waals surface area contributed by atoms with Crippen molar-refractivity contribution >= 4 is 16.9 Å². The van der Waals surface area contributed by atoms with E-state index in [9.17, 15) is 5.26 Å². The minimum atomic E-state index is 0.354. The zero-order valence-corrected chi connectivity index (χ0v) is 17.0. The SMILES string of the molecule is C=C(CC)C1=CC=C(CNC(=C)c2cc(C(=C)C#N)n3cnc(C)c3n2)C=CC1. The molecule has 0 atom stereocenters. The Morgan fingerprint density at radius 2 is 2.10 bits per heavy atom. The fraction of sp³-hybridized carbons (Fsp3) is 0.208. The van der Waals surface area contributed by atoms with Gasteiger partial charge in [-0.25, -0.2) is 9.97 Å². The summed E-state index contributed by atoms with van der Waals surface area (Å²) in [7, 11) is 0. The Kier molecular flexibility index (Phi) is 5.94. The standard InChI is InChI=1S/C24H25N5/c1-6-16(2)21-9-7-8-20(10-11-21)14-26-18(4)22-12-23(17(3)13-25)29-15-27-19(5)24(29)28-22/h7-8,10-12,15,26H,2-4,6,9,14H2,1,5H3. The molecule has 0 saturated heterocycles. The van der Waals surface area contributed by atoms with Gasteiger partial charge >= 0.3 is 0 Å². The Morgan fingerprint density at radius 3 is 2.83 bits per heavy atom. The number of hydrogen-bond donors (Lipinski definition) is 1. The predicted octanol–water partition coefficient (Wildman–Crippen LogP) is 4.91. The van der Waals surface area contributed by atoms with Crippen LogP contribution in [-0.2, 0) is 0 Å². The van der Waals surface area contributed by atoms with Gasteiger partial charge in [-0.05, 0) is 37.0 Å². The van der Waals surface area contributed by atoms with Crippen molar-refractivity contribution in [3.05, 3.63) is 90.2 Å². The third kappa shape index (κ3) is 4.27. The summed E-state index contributed by atoms with van der Waals surface area (Å²) in [6.07, 6.45) is 12.0. The lowest BCUT2D eigenvalue weighted by Crippen LogP contribution is -2.16. The van der Waals surface area contributed by atoms with Crippen LogP contribution >= 0.6 is 0 Å². The summed E-state index contributed by atoms with van der Waals surface area (Å²) in [6.45, 7) is 16.7.